The second kappa shape index (κ2) is 1.37. The monoisotopic (exact) mass is 97.1 g/mol. The summed E-state index contributed by atoms with van der Waals surface area (Å²) in [5, 5.41) is 8.64. The van der Waals surface area contributed by atoms with Gasteiger partial charge in [0.25, 0.3) is 0 Å². The number of aliphatic hydroxyl groups is 1. The normalized spacial score (nSPS) is 17.3. The maximum absolute atomic E-state index is 8.64. The quantitative estimate of drug-likeness (QED) is 0.524. The molecule has 0 aliphatic carbocycles. The summed E-state index contributed by atoms with van der Waals surface area (Å²) in [7, 11) is 0. The van der Waals surface area contributed by atoms with Gasteiger partial charge in [0.05, 0.1) is 11.9 Å². The lowest BCUT2D eigenvalue weighted by atomic mass is 10.2. The van der Waals surface area contributed by atoms with Crippen LogP contribution in [0.3, 0.4) is 0 Å². The van der Waals surface area contributed by atoms with Crippen LogP contribution in [0.1, 0.15) is 13.3 Å². The van der Waals surface area contributed by atoms with Crippen molar-refractivity contribution in [2.45, 2.75) is 13.3 Å². The minimum absolute atomic E-state index is 0.350. The van der Waals surface area contributed by atoms with Gasteiger partial charge in [0.15, 0.2) is 5.76 Å². The highest BCUT2D eigenvalue weighted by Crippen LogP contribution is 2.07. The first-order valence-electron chi connectivity index (χ1n) is 2.30. The predicted molar refractivity (Wildman–Crippen MR) is 28.4 cm³/mol. The van der Waals surface area contributed by atoms with Crippen LogP contribution in [0.5, 0.6) is 0 Å². The van der Waals surface area contributed by atoms with Gasteiger partial charge in [-0.3, -0.25) is 4.99 Å². The summed E-state index contributed by atoms with van der Waals surface area (Å²) >= 11 is 0. The molecule has 38 valence electrons. The second-order valence-corrected chi connectivity index (χ2v) is 1.44. The average Bonchev–Trinajstić information content (AvgIpc) is 1.65. The Hall–Kier alpha value is -0.790. The van der Waals surface area contributed by atoms with E-state index in [2.05, 4.69) is 4.99 Å². The van der Waals surface area contributed by atoms with E-state index in [1.165, 1.54) is 6.20 Å². The van der Waals surface area contributed by atoms with Gasteiger partial charge in [-0.2, -0.15) is 0 Å². The average molecular weight is 97.1 g/mol. The Morgan fingerprint density at radius 2 is 2.57 bits per heavy atom. The maximum atomic E-state index is 8.64. The lowest BCUT2D eigenvalue weighted by molar-refractivity contribution is 0.433. The van der Waals surface area contributed by atoms with Crippen LogP contribution in [0, 0.1) is 0 Å². The standard InChI is InChI=1S/C5H7NO/c1-2-4-5(7)3-6-4/h3,7H,2H2,1H3. The van der Waals surface area contributed by atoms with Crippen molar-refractivity contribution in [1.29, 1.82) is 0 Å². The fourth-order valence-corrected chi connectivity index (χ4v) is 0.486. The number of rotatable bonds is 1. The molecular formula is C5H7NO. The molecule has 0 unspecified atom stereocenters. The summed E-state index contributed by atoms with van der Waals surface area (Å²) < 4.78 is 0. The van der Waals surface area contributed by atoms with Crippen molar-refractivity contribution in [2.75, 3.05) is 0 Å². The molecule has 1 heterocycles. The predicted octanol–water partition coefficient (Wildman–Crippen LogP) is 1.25. The Labute approximate surface area is 42.2 Å². The van der Waals surface area contributed by atoms with E-state index >= 15 is 0 Å². The lowest BCUT2D eigenvalue weighted by Gasteiger charge is -2.05. The van der Waals surface area contributed by atoms with E-state index in [0.29, 0.717) is 5.76 Å². The highest BCUT2D eigenvalue weighted by atomic mass is 16.3. The fourth-order valence-electron chi connectivity index (χ4n) is 0.486. The van der Waals surface area contributed by atoms with E-state index in [4.69, 9.17) is 5.11 Å². The summed E-state index contributed by atoms with van der Waals surface area (Å²) in [6.45, 7) is 1.96. The van der Waals surface area contributed by atoms with Gasteiger partial charge in [0.1, 0.15) is 0 Å². The van der Waals surface area contributed by atoms with Crippen LogP contribution >= 0.6 is 0 Å². The molecule has 0 aromatic heterocycles. The van der Waals surface area contributed by atoms with Gasteiger partial charge in [0.2, 0.25) is 0 Å². The van der Waals surface area contributed by atoms with Crippen molar-refractivity contribution in [3.05, 3.63) is 12.0 Å². The van der Waals surface area contributed by atoms with Gasteiger partial charge in [0, 0.05) is 0 Å². The van der Waals surface area contributed by atoms with Gasteiger partial charge in [-0.1, -0.05) is 6.92 Å². The van der Waals surface area contributed by atoms with Gasteiger partial charge >= 0.3 is 0 Å². The van der Waals surface area contributed by atoms with E-state index in [-0.39, 0.29) is 0 Å². The molecule has 1 aliphatic heterocycles. The Morgan fingerprint density at radius 1 is 1.86 bits per heavy atom. The molecule has 1 rings (SSSR count). The first-order chi connectivity index (χ1) is 3.34. The molecule has 0 atom stereocenters. The van der Waals surface area contributed by atoms with E-state index in [9.17, 15) is 0 Å². The molecule has 2 nitrogen and oxygen atoms in total. The van der Waals surface area contributed by atoms with Gasteiger partial charge in [-0.25, -0.2) is 0 Å². The van der Waals surface area contributed by atoms with E-state index in [1.807, 2.05) is 6.92 Å². The number of nitrogens with zero attached hydrogens (tertiary/aromatic N) is 1. The van der Waals surface area contributed by atoms with Crippen molar-refractivity contribution < 1.29 is 5.11 Å². The molecule has 2 heteroatoms. The first-order valence-corrected chi connectivity index (χ1v) is 2.30. The number of allylic oxidation sites excluding steroid dienone is 1. The van der Waals surface area contributed by atoms with Crippen molar-refractivity contribution in [1.82, 2.24) is 0 Å². The Bertz CT molecular complexity index is 135. The summed E-state index contributed by atoms with van der Waals surface area (Å²) in [5.41, 5.74) is 0.819. The molecule has 0 saturated heterocycles. The molecule has 0 aromatic rings. The van der Waals surface area contributed by atoms with Crippen molar-refractivity contribution in [3.63, 3.8) is 0 Å². The SMILES string of the molecule is CCC1=NC=C1O. The van der Waals surface area contributed by atoms with Gasteiger partial charge in [-0.05, 0) is 6.42 Å². The largest absolute Gasteiger partial charge is 0.504 e. The summed E-state index contributed by atoms with van der Waals surface area (Å²) in [6.07, 6.45) is 2.29. The summed E-state index contributed by atoms with van der Waals surface area (Å²) in [5.74, 6) is 0.350. The van der Waals surface area contributed by atoms with Crippen LogP contribution in [0.2, 0.25) is 0 Å². The lowest BCUT2D eigenvalue weighted by Crippen LogP contribution is -2.06. The smallest absolute Gasteiger partial charge is 0.155 e. The van der Waals surface area contributed by atoms with Crippen molar-refractivity contribution in [2.24, 2.45) is 4.99 Å². The van der Waals surface area contributed by atoms with E-state index < -0.39 is 0 Å². The Morgan fingerprint density at radius 3 is 2.57 bits per heavy atom. The van der Waals surface area contributed by atoms with E-state index in [1.54, 1.807) is 0 Å². The van der Waals surface area contributed by atoms with Crippen molar-refractivity contribution in [3.8, 4) is 0 Å². The molecule has 1 N–H and O–H groups in total. The third kappa shape index (κ3) is 0.515. The highest BCUT2D eigenvalue weighted by molar-refractivity contribution is 6.02. The van der Waals surface area contributed by atoms with E-state index in [0.717, 1.165) is 12.1 Å². The van der Waals surface area contributed by atoms with Crippen LogP contribution < -0.4 is 0 Å². The third-order valence-corrected chi connectivity index (χ3v) is 0.973. The van der Waals surface area contributed by atoms with Crippen molar-refractivity contribution >= 4 is 5.71 Å². The van der Waals surface area contributed by atoms with Gasteiger partial charge < -0.3 is 5.11 Å². The van der Waals surface area contributed by atoms with Crippen LogP contribution in [-0.4, -0.2) is 10.8 Å². The van der Waals surface area contributed by atoms with Crippen LogP contribution in [0.25, 0.3) is 0 Å². The number of aliphatic hydroxyl groups excluding tert-OH is 1. The maximum Gasteiger partial charge on any atom is 0.155 e. The molecule has 0 saturated carbocycles. The zero-order valence-corrected chi connectivity index (χ0v) is 4.18. The zero-order chi connectivity index (χ0) is 5.28. The topological polar surface area (TPSA) is 32.6 Å². The Kier molecular flexibility index (Phi) is 0.855. The van der Waals surface area contributed by atoms with Crippen LogP contribution in [-0.2, 0) is 0 Å². The number of hydrogen-bond donors (Lipinski definition) is 1. The molecule has 0 amide bonds. The molecule has 0 radical (unpaired) electrons. The highest BCUT2D eigenvalue weighted by Gasteiger charge is 2.07. The molecule has 0 bridgehead atoms. The Balaban J connectivity index is 2.47. The second-order valence-electron chi connectivity index (χ2n) is 1.44. The molecule has 0 fully saturated rings. The molecule has 0 spiro atoms. The molecule has 7 heavy (non-hydrogen) atoms. The minimum atomic E-state index is 0.350. The summed E-state index contributed by atoms with van der Waals surface area (Å²) in [4.78, 5) is 3.77. The number of hydrogen-bond acceptors (Lipinski definition) is 2. The number of aliphatic imine (C=N–C) groups is 1. The fraction of sp³-hybridized carbons (Fsp3) is 0.400. The third-order valence-electron chi connectivity index (χ3n) is 0.973. The molecular weight excluding hydrogens is 90.1 g/mol. The first kappa shape index (κ1) is 4.37. The van der Waals surface area contributed by atoms with Crippen LogP contribution in [0.4, 0.5) is 0 Å². The molecule has 0 aromatic carbocycles. The van der Waals surface area contributed by atoms with Crippen LogP contribution in [0.15, 0.2) is 17.0 Å². The molecule has 1 aliphatic rings. The zero-order valence-electron chi connectivity index (χ0n) is 4.18. The van der Waals surface area contributed by atoms with Gasteiger partial charge in [-0.15, -0.1) is 0 Å². The minimum Gasteiger partial charge on any atom is -0.504 e. The summed E-state index contributed by atoms with van der Waals surface area (Å²) in [6, 6.07) is 0.